The van der Waals surface area contributed by atoms with Gasteiger partial charge in [0.25, 0.3) is 0 Å². The SMILES string of the molecule is CC1C=CC(C)C1. The van der Waals surface area contributed by atoms with Gasteiger partial charge in [0.1, 0.15) is 0 Å². The third kappa shape index (κ3) is 1.05. The minimum atomic E-state index is 0.843. The van der Waals surface area contributed by atoms with Gasteiger partial charge >= 0.3 is 0 Å². The molecule has 2 atom stereocenters. The molecule has 7 heavy (non-hydrogen) atoms. The summed E-state index contributed by atoms with van der Waals surface area (Å²) >= 11 is 0. The Bertz CT molecular complexity index is 72.0. The first-order valence-corrected chi connectivity index (χ1v) is 2.97. The summed E-state index contributed by atoms with van der Waals surface area (Å²) in [5.74, 6) is 1.69. The first kappa shape index (κ1) is 4.89. The van der Waals surface area contributed by atoms with Crippen LogP contribution in [0.15, 0.2) is 12.2 Å². The van der Waals surface area contributed by atoms with Crippen LogP contribution in [-0.2, 0) is 0 Å². The molecule has 0 bridgehead atoms. The van der Waals surface area contributed by atoms with Crippen LogP contribution in [0.3, 0.4) is 0 Å². The Morgan fingerprint density at radius 1 is 1.14 bits per heavy atom. The summed E-state index contributed by atoms with van der Waals surface area (Å²) in [5, 5.41) is 0. The lowest BCUT2D eigenvalue weighted by atomic mass is 10.1. The van der Waals surface area contributed by atoms with Crippen molar-refractivity contribution in [3.63, 3.8) is 0 Å². The van der Waals surface area contributed by atoms with Gasteiger partial charge in [0.15, 0.2) is 0 Å². The number of allylic oxidation sites excluding steroid dienone is 2. The van der Waals surface area contributed by atoms with E-state index in [0.717, 1.165) is 11.8 Å². The highest BCUT2D eigenvalue weighted by Gasteiger charge is 2.08. The predicted octanol–water partition coefficient (Wildman–Crippen LogP) is 2.22. The van der Waals surface area contributed by atoms with Gasteiger partial charge in [0.05, 0.1) is 0 Å². The number of hydrogen-bond donors (Lipinski definition) is 0. The van der Waals surface area contributed by atoms with Crippen molar-refractivity contribution in [3.8, 4) is 0 Å². The van der Waals surface area contributed by atoms with Crippen molar-refractivity contribution in [1.29, 1.82) is 0 Å². The Morgan fingerprint density at radius 3 is 1.71 bits per heavy atom. The maximum Gasteiger partial charge on any atom is -0.0256 e. The molecule has 0 spiro atoms. The molecule has 40 valence electrons. The Balaban J connectivity index is 2.42. The fourth-order valence-corrected chi connectivity index (χ4v) is 1.12. The molecule has 0 aromatic carbocycles. The summed E-state index contributed by atoms with van der Waals surface area (Å²) in [6.45, 7) is 4.53. The molecule has 1 aliphatic carbocycles. The van der Waals surface area contributed by atoms with Gasteiger partial charge in [-0.05, 0) is 18.3 Å². The van der Waals surface area contributed by atoms with E-state index in [0.29, 0.717) is 0 Å². The second-order valence-electron chi connectivity index (χ2n) is 2.58. The van der Waals surface area contributed by atoms with Crippen molar-refractivity contribution in [2.75, 3.05) is 0 Å². The van der Waals surface area contributed by atoms with Gasteiger partial charge in [-0.15, -0.1) is 0 Å². The molecule has 0 amide bonds. The van der Waals surface area contributed by atoms with Crippen LogP contribution in [0.4, 0.5) is 0 Å². The van der Waals surface area contributed by atoms with Crippen molar-refractivity contribution in [2.45, 2.75) is 20.3 Å². The third-order valence-corrected chi connectivity index (χ3v) is 1.51. The summed E-state index contributed by atoms with van der Waals surface area (Å²) in [6, 6.07) is 0. The lowest BCUT2D eigenvalue weighted by Crippen LogP contribution is -1.86. The fraction of sp³-hybridized carbons (Fsp3) is 0.714. The molecular weight excluding hydrogens is 84.1 g/mol. The van der Waals surface area contributed by atoms with Crippen LogP contribution in [0.25, 0.3) is 0 Å². The molecule has 0 heteroatoms. The van der Waals surface area contributed by atoms with Crippen LogP contribution in [0.5, 0.6) is 0 Å². The molecule has 0 saturated heterocycles. The fourth-order valence-electron chi connectivity index (χ4n) is 1.12. The van der Waals surface area contributed by atoms with E-state index in [4.69, 9.17) is 0 Å². The van der Waals surface area contributed by atoms with E-state index in [2.05, 4.69) is 26.0 Å². The number of rotatable bonds is 0. The molecule has 0 N–H and O–H groups in total. The molecule has 2 unspecified atom stereocenters. The topological polar surface area (TPSA) is 0 Å². The van der Waals surface area contributed by atoms with Crippen LogP contribution in [-0.4, -0.2) is 0 Å². The van der Waals surface area contributed by atoms with Gasteiger partial charge in [-0.3, -0.25) is 0 Å². The molecule has 0 radical (unpaired) electrons. The van der Waals surface area contributed by atoms with Gasteiger partial charge < -0.3 is 0 Å². The van der Waals surface area contributed by atoms with E-state index in [1.807, 2.05) is 0 Å². The first-order chi connectivity index (χ1) is 3.29. The monoisotopic (exact) mass is 96.1 g/mol. The summed E-state index contributed by atoms with van der Waals surface area (Å²) in [7, 11) is 0. The molecular formula is C7H12. The molecule has 0 aromatic heterocycles. The zero-order valence-electron chi connectivity index (χ0n) is 5.02. The van der Waals surface area contributed by atoms with Gasteiger partial charge in [-0.2, -0.15) is 0 Å². The maximum absolute atomic E-state index is 2.30. The molecule has 0 fully saturated rings. The molecule has 0 heterocycles. The largest absolute Gasteiger partial charge is 0.0854 e. The molecule has 0 saturated carbocycles. The molecule has 0 aromatic rings. The van der Waals surface area contributed by atoms with Crippen molar-refractivity contribution >= 4 is 0 Å². The second kappa shape index (κ2) is 1.69. The average Bonchev–Trinajstić information content (AvgIpc) is 1.87. The van der Waals surface area contributed by atoms with Crippen LogP contribution >= 0.6 is 0 Å². The van der Waals surface area contributed by atoms with E-state index in [-0.39, 0.29) is 0 Å². The zero-order chi connectivity index (χ0) is 5.28. The van der Waals surface area contributed by atoms with Crippen molar-refractivity contribution in [2.24, 2.45) is 11.8 Å². The quantitative estimate of drug-likeness (QED) is 0.406. The summed E-state index contributed by atoms with van der Waals surface area (Å²) in [6.07, 6.45) is 5.95. The van der Waals surface area contributed by atoms with E-state index in [1.165, 1.54) is 6.42 Å². The van der Waals surface area contributed by atoms with Crippen molar-refractivity contribution < 1.29 is 0 Å². The van der Waals surface area contributed by atoms with Gasteiger partial charge in [0.2, 0.25) is 0 Å². The lowest BCUT2D eigenvalue weighted by Gasteiger charge is -1.97. The minimum absolute atomic E-state index is 0.843. The van der Waals surface area contributed by atoms with Gasteiger partial charge in [-0.1, -0.05) is 26.0 Å². The van der Waals surface area contributed by atoms with E-state index < -0.39 is 0 Å². The Labute approximate surface area is 45.2 Å². The van der Waals surface area contributed by atoms with Crippen LogP contribution in [0, 0.1) is 11.8 Å². The third-order valence-electron chi connectivity index (χ3n) is 1.51. The lowest BCUT2D eigenvalue weighted by molar-refractivity contribution is 0.591. The Morgan fingerprint density at radius 2 is 1.57 bits per heavy atom. The summed E-state index contributed by atoms with van der Waals surface area (Å²) in [4.78, 5) is 0. The standard InChI is InChI=1S/C7H12/c1-6-3-4-7(2)5-6/h3-4,6-7H,5H2,1-2H3. The van der Waals surface area contributed by atoms with Crippen LogP contribution in [0.2, 0.25) is 0 Å². The van der Waals surface area contributed by atoms with E-state index >= 15 is 0 Å². The minimum Gasteiger partial charge on any atom is -0.0854 e. The normalized spacial score (nSPS) is 39.7. The van der Waals surface area contributed by atoms with E-state index in [1.54, 1.807) is 0 Å². The van der Waals surface area contributed by atoms with Crippen LogP contribution < -0.4 is 0 Å². The van der Waals surface area contributed by atoms with Gasteiger partial charge in [0, 0.05) is 0 Å². The number of hydrogen-bond acceptors (Lipinski definition) is 0. The molecule has 0 nitrogen and oxygen atoms in total. The van der Waals surface area contributed by atoms with Crippen molar-refractivity contribution in [3.05, 3.63) is 12.2 Å². The molecule has 1 aliphatic rings. The Hall–Kier alpha value is -0.260. The second-order valence-corrected chi connectivity index (χ2v) is 2.58. The first-order valence-electron chi connectivity index (χ1n) is 2.97. The highest BCUT2D eigenvalue weighted by molar-refractivity contribution is 4.98. The average molecular weight is 96.2 g/mol. The van der Waals surface area contributed by atoms with E-state index in [9.17, 15) is 0 Å². The highest BCUT2D eigenvalue weighted by atomic mass is 14.1. The molecule has 1 rings (SSSR count). The highest BCUT2D eigenvalue weighted by Crippen LogP contribution is 2.21. The zero-order valence-corrected chi connectivity index (χ0v) is 5.02. The Kier molecular flexibility index (Phi) is 1.18. The smallest absolute Gasteiger partial charge is 0.0256 e. The maximum atomic E-state index is 2.30. The van der Waals surface area contributed by atoms with Gasteiger partial charge in [-0.25, -0.2) is 0 Å². The summed E-state index contributed by atoms with van der Waals surface area (Å²) < 4.78 is 0. The van der Waals surface area contributed by atoms with Crippen LogP contribution in [0.1, 0.15) is 20.3 Å². The predicted molar refractivity (Wildman–Crippen MR) is 32.1 cm³/mol. The molecule has 0 aliphatic heterocycles. The van der Waals surface area contributed by atoms with Crippen molar-refractivity contribution in [1.82, 2.24) is 0 Å². The summed E-state index contributed by atoms with van der Waals surface area (Å²) in [5.41, 5.74) is 0.